The number of nitrogens with one attached hydrogen (secondary N) is 1. The zero-order chi connectivity index (χ0) is 28.6. The SMILES string of the molecule is O=C(CC[C@@H](O)c1ccccc1)N/N=C\c1cc(-c2ccccc2)n(-c2ccc([N+](=O)[O-])cc2)c1-c1ccccc1. The monoisotopic (exact) mass is 544 g/mol. The lowest BCUT2D eigenvalue weighted by atomic mass is 10.1. The highest BCUT2D eigenvalue weighted by molar-refractivity contribution is 5.94. The van der Waals surface area contributed by atoms with Crippen LogP contribution in [-0.2, 0) is 4.79 Å². The van der Waals surface area contributed by atoms with Crippen LogP contribution in [0.1, 0.15) is 30.1 Å². The molecule has 1 aromatic heterocycles. The number of carbonyl (C=O) groups is 1. The Balaban J connectivity index is 1.48. The third kappa shape index (κ3) is 6.46. The van der Waals surface area contributed by atoms with Crippen LogP contribution in [0.15, 0.2) is 126 Å². The van der Waals surface area contributed by atoms with Gasteiger partial charge in [0.1, 0.15) is 0 Å². The van der Waals surface area contributed by atoms with Crippen molar-refractivity contribution in [3.63, 3.8) is 0 Å². The Morgan fingerprint density at radius 1 is 0.878 bits per heavy atom. The van der Waals surface area contributed by atoms with Crippen molar-refractivity contribution in [1.29, 1.82) is 0 Å². The van der Waals surface area contributed by atoms with E-state index < -0.39 is 11.0 Å². The molecule has 41 heavy (non-hydrogen) atoms. The Kier molecular flexibility index (Phi) is 8.42. The van der Waals surface area contributed by atoms with E-state index in [1.54, 1.807) is 18.3 Å². The van der Waals surface area contributed by atoms with E-state index >= 15 is 0 Å². The Labute approximate surface area is 237 Å². The van der Waals surface area contributed by atoms with Crippen LogP contribution in [0.3, 0.4) is 0 Å². The first-order valence-electron chi connectivity index (χ1n) is 13.2. The van der Waals surface area contributed by atoms with Crippen molar-refractivity contribution in [2.24, 2.45) is 5.10 Å². The number of aliphatic hydroxyl groups is 1. The Hall–Kier alpha value is -5.34. The minimum absolute atomic E-state index is 0.00492. The molecule has 204 valence electrons. The number of hydrogen-bond donors (Lipinski definition) is 2. The Morgan fingerprint density at radius 2 is 1.46 bits per heavy atom. The van der Waals surface area contributed by atoms with Crippen LogP contribution >= 0.6 is 0 Å². The molecule has 0 saturated carbocycles. The van der Waals surface area contributed by atoms with Gasteiger partial charge in [0.25, 0.3) is 5.69 Å². The number of nitrogens with zero attached hydrogens (tertiary/aromatic N) is 3. The molecule has 5 aromatic rings. The van der Waals surface area contributed by atoms with Crippen molar-refractivity contribution in [3.05, 3.63) is 143 Å². The maximum atomic E-state index is 12.5. The second-order valence-corrected chi connectivity index (χ2v) is 9.43. The van der Waals surface area contributed by atoms with E-state index in [9.17, 15) is 20.0 Å². The van der Waals surface area contributed by atoms with Gasteiger partial charge < -0.3 is 9.67 Å². The standard InChI is InChI=1S/C33H28N4O4/c38-31(25-12-6-2-7-13-25)20-21-32(39)35-34-23-27-22-30(24-10-4-1-5-11-24)36(33(27)26-14-8-3-9-15-26)28-16-18-29(19-17-28)37(40)41/h1-19,22-23,31,38H,20-21H2,(H,35,39)/b34-23-/t31-/m1/s1. The number of nitro groups is 1. The number of carbonyl (C=O) groups excluding carboxylic acids is 1. The molecular weight excluding hydrogens is 516 g/mol. The Bertz CT molecular complexity index is 1650. The molecule has 0 spiro atoms. The van der Waals surface area contributed by atoms with E-state index in [4.69, 9.17) is 0 Å². The second kappa shape index (κ2) is 12.7. The maximum absolute atomic E-state index is 12.5. The van der Waals surface area contributed by atoms with Crippen molar-refractivity contribution in [2.45, 2.75) is 18.9 Å². The highest BCUT2D eigenvalue weighted by atomic mass is 16.6. The van der Waals surface area contributed by atoms with Gasteiger partial charge in [0.15, 0.2) is 0 Å². The molecule has 8 nitrogen and oxygen atoms in total. The van der Waals surface area contributed by atoms with E-state index in [1.165, 1.54) is 12.1 Å². The minimum Gasteiger partial charge on any atom is -0.388 e. The van der Waals surface area contributed by atoms with Crippen LogP contribution in [0.4, 0.5) is 5.69 Å². The average molecular weight is 545 g/mol. The molecule has 0 unspecified atom stereocenters. The first-order chi connectivity index (χ1) is 20.0. The van der Waals surface area contributed by atoms with Crippen molar-refractivity contribution < 1.29 is 14.8 Å². The Morgan fingerprint density at radius 3 is 2.07 bits per heavy atom. The third-order valence-corrected chi connectivity index (χ3v) is 6.69. The van der Waals surface area contributed by atoms with E-state index in [0.717, 1.165) is 39.3 Å². The lowest BCUT2D eigenvalue weighted by Gasteiger charge is -2.15. The summed E-state index contributed by atoms with van der Waals surface area (Å²) in [6, 6.07) is 37.2. The summed E-state index contributed by atoms with van der Waals surface area (Å²) in [6.45, 7) is 0. The number of aliphatic hydroxyl groups excluding tert-OH is 1. The fourth-order valence-corrected chi connectivity index (χ4v) is 4.67. The van der Waals surface area contributed by atoms with Gasteiger partial charge in [0.2, 0.25) is 5.91 Å². The maximum Gasteiger partial charge on any atom is 0.269 e. The molecule has 0 aliphatic rings. The fourth-order valence-electron chi connectivity index (χ4n) is 4.67. The molecule has 0 aliphatic heterocycles. The molecule has 0 radical (unpaired) electrons. The summed E-state index contributed by atoms with van der Waals surface area (Å²) in [4.78, 5) is 23.4. The predicted molar refractivity (Wildman–Crippen MR) is 160 cm³/mol. The van der Waals surface area contributed by atoms with Gasteiger partial charge >= 0.3 is 0 Å². The van der Waals surface area contributed by atoms with Crippen LogP contribution in [0.2, 0.25) is 0 Å². The summed E-state index contributed by atoms with van der Waals surface area (Å²) in [5, 5.41) is 25.9. The summed E-state index contributed by atoms with van der Waals surface area (Å²) in [7, 11) is 0. The van der Waals surface area contributed by atoms with E-state index in [0.29, 0.717) is 0 Å². The minimum atomic E-state index is -0.736. The fraction of sp³-hybridized carbons (Fsp3) is 0.0909. The van der Waals surface area contributed by atoms with Crippen LogP contribution < -0.4 is 5.43 Å². The number of hydrogen-bond acceptors (Lipinski definition) is 5. The quantitative estimate of drug-likeness (QED) is 0.116. The lowest BCUT2D eigenvalue weighted by Crippen LogP contribution is -2.18. The van der Waals surface area contributed by atoms with Gasteiger partial charge in [0.05, 0.1) is 28.6 Å². The second-order valence-electron chi connectivity index (χ2n) is 9.43. The molecule has 0 saturated heterocycles. The molecule has 0 bridgehead atoms. The van der Waals surface area contributed by atoms with E-state index in [2.05, 4.69) is 10.5 Å². The number of non-ortho nitro benzene ring substituents is 1. The van der Waals surface area contributed by atoms with Gasteiger partial charge in [0, 0.05) is 29.8 Å². The number of benzene rings is 4. The summed E-state index contributed by atoms with van der Waals surface area (Å²) in [5.74, 6) is -0.310. The molecule has 4 aromatic carbocycles. The normalized spacial score (nSPS) is 11.8. The molecule has 0 aliphatic carbocycles. The van der Waals surface area contributed by atoms with Crippen molar-refractivity contribution >= 4 is 17.8 Å². The molecular formula is C33H28N4O4. The van der Waals surface area contributed by atoms with Crippen LogP contribution in [0.25, 0.3) is 28.2 Å². The molecule has 2 N–H and O–H groups in total. The highest BCUT2D eigenvalue weighted by Crippen LogP contribution is 2.35. The molecule has 5 rings (SSSR count). The number of nitro benzene ring substituents is 1. The van der Waals surface area contributed by atoms with Crippen molar-refractivity contribution in [3.8, 4) is 28.2 Å². The van der Waals surface area contributed by atoms with E-state index in [-0.39, 0.29) is 24.4 Å². The number of hydrazone groups is 1. The highest BCUT2D eigenvalue weighted by Gasteiger charge is 2.19. The summed E-state index contributed by atoms with van der Waals surface area (Å²) < 4.78 is 2.04. The van der Waals surface area contributed by atoms with Crippen LogP contribution in [0, 0.1) is 10.1 Å². The number of aromatic nitrogens is 1. The van der Waals surface area contributed by atoms with Crippen molar-refractivity contribution in [1.82, 2.24) is 9.99 Å². The molecule has 8 heteroatoms. The number of amides is 1. The summed E-state index contributed by atoms with van der Waals surface area (Å²) >= 11 is 0. The van der Waals surface area contributed by atoms with E-state index in [1.807, 2.05) is 102 Å². The van der Waals surface area contributed by atoms with Gasteiger partial charge in [-0.15, -0.1) is 0 Å². The number of rotatable bonds is 10. The average Bonchev–Trinajstić information content (AvgIpc) is 3.40. The van der Waals surface area contributed by atoms with Gasteiger partial charge in [-0.2, -0.15) is 5.10 Å². The van der Waals surface area contributed by atoms with Gasteiger partial charge in [-0.3, -0.25) is 14.9 Å². The first kappa shape index (κ1) is 27.2. The predicted octanol–water partition coefficient (Wildman–Crippen LogP) is 6.68. The zero-order valence-electron chi connectivity index (χ0n) is 22.1. The van der Waals surface area contributed by atoms with Gasteiger partial charge in [-0.1, -0.05) is 91.0 Å². The van der Waals surface area contributed by atoms with Crippen LogP contribution in [0.5, 0.6) is 0 Å². The summed E-state index contributed by atoms with van der Waals surface area (Å²) in [6.07, 6.45) is 1.25. The molecule has 0 fully saturated rings. The zero-order valence-corrected chi connectivity index (χ0v) is 22.1. The third-order valence-electron chi connectivity index (χ3n) is 6.69. The van der Waals surface area contributed by atoms with Gasteiger partial charge in [-0.25, -0.2) is 5.43 Å². The smallest absolute Gasteiger partial charge is 0.269 e. The molecule has 1 heterocycles. The topological polar surface area (TPSA) is 110 Å². The molecule has 1 amide bonds. The summed E-state index contributed by atoms with van der Waals surface area (Å²) in [5.41, 5.74) is 8.37. The lowest BCUT2D eigenvalue weighted by molar-refractivity contribution is -0.384. The van der Waals surface area contributed by atoms with Gasteiger partial charge in [-0.05, 0) is 41.3 Å². The van der Waals surface area contributed by atoms with Crippen molar-refractivity contribution in [2.75, 3.05) is 0 Å². The van der Waals surface area contributed by atoms with Crippen LogP contribution in [-0.4, -0.2) is 26.7 Å². The molecule has 1 atom stereocenters. The largest absolute Gasteiger partial charge is 0.388 e. The first-order valence-corrected chi connectivity index (χ1v) is 13.2.